The average molecular weight is 168 g/mol. The Morgan fingerprint density at radius 2 is 2.33 bits per heavy atom. The van der Waals surface area contributed by atoms with Gasteiger partial charge >= 0.3 is 0 Å². The van der Waals surface area contributed by atoms with Gasteiger partial charge in [0.15, 0.2) is 0 Å². The third-order valence-electron chi connectivity index (χ3n) is 1.69. The Hall–Kier alpha value is -0.800. The lowest BCUT2D eigenvalue weighted by Gasteiger charge is -2.01. The lowest BCUT2D eigenvalue weighted by Crippen LogP contribution is -2.19. The summed E-state index contributed by atoms with van der Waals surface area (Å²) in [7, 11) is 1.97. The van der Waals surface area contributed by atoms with Crippen LogP contribution in [0.5, 0.6) is 0 Å². The molecule has 0 aliphatic carbocycles. The molecule has 0 spiro atoms. The Labute approximate surface area is 73.2 Å². The summed E-state index contributed by atoms with van der Waals surface area (Å²) in [6, 6.07) is 1.98. The van der Waals surface area contributed by atoms with E-state index in [0.29, 0.717) is 0 Å². The molecule has 1 rings (SSSR count). The van der Waals surface area contributed by atoms with Gasteiger partial charge in [-0.05, 0) is 32.6 Å². The molecule has 68 valence electrons. The minimum absolute atomic E-state index is 0.903. The van der Waals surface area contributed by atoms with E-state index in [4.69, 9.17) is 4.42 Å². The second-order valence-electron chi connectivity index (χ2n) is 2.77. The molecule has 0 saturated carbocycles. The van der Waals surface area contributed by atoms with Gasteiger partial charge in [0.25, 0.3) is 0 Å². The smallest absolute Gasteiger partial charge is 0.0947 e. The van der Waals surface area contributed by atoms with Crippen LogP contribution in [0.25, 0.3) is 0 Å². The Kier molecular flexibility index (Phi) is 4.49. The molecule has 0 bridgehead atoms. The van der Waals surface area contributed by atoms with Gasteiger partial charge in [0.1, 0.15) is 0 Å². The van der Waals surface area contributed by atoms with Crippen LogP contribution < -0.4 is 10.6 Å². The van der Waals surface area contributed by atoms with Gasteiger partial charge in [0, 0.05) is 12.1 Å². The van der Waals surface area contributed by atoms with Crippen LogP contribution in [0.3, 0.4) is 0 Å². The number of hydrogen-bond acceptors (Lipinski definition) is 3. The first-order valence-electron chi connectivity index (χ1n) is 4.30. The molecule has 0 aliphatic heterocycles. The molecule has 0 amide bonds. The molecule has 0 unspecified atom stereocenters. The normalized spacial score (nSPS) is 10.4. The molecule has 2 N–H and O–H groups in total. The monoisotopic (exact) mass is 168 g/mol. The zero-order chi connectivity index (χ0) is 8.65. The summed E-state index contributed by atoms with van der Waals surface area (Å²) < 4.78 is 4.94. The van der Waals surface area contributed by atoms with Gasteiger partial charge in [-0.15, -0.1) is 0 Å². The number of furan rings is 1. The molecule has 0 aromatic carbocycles. The summed E-state index contributed by atoms with van der Waals surface area (Å²) in [5.74, 6) is 0. The largest absolute Gasteiger partial charge is 0.472 e. The van der Waals surface area contributed by atoms with E-state index in [9.17, 15) is 0 Å². The summed E-state index contributed by atoms with van der Waals surface area (Å²) in [5.41, 5.74) is 1.21. The van der Waals surface area contributed by atoms with Crippen molar-refractivity contribution in [2.45, 2.75) is 13.0 Å². The summed E-state index contributed by atoms with van der Waals surface area (Å²) in [6.45, 7) is 3.02. The lowest BCUT2D eigenvalue weighted by molar-refractivity contribution is 0.558. The predicted octanol–water partition coefficient (Wildman–Crippen LogP) is 0.979. The second-order valence-corrected chi connectivity index (χ2v) is 2.77. The Bertz CT molecular complexity index is 184. The van der Waals surface area contributed by atoms with Gasteiger partial charge in [0.2, 0.25) is 0 Å². The van der Waals surface area contributed by atoms with E-state index in [-0.39, 0.29) is 0 Å². The van der Waals surface area contributed by atoms with E-state index in [1.165, 1.54) is 5.56 Å². The van der Waals surface area contributed by atoms with Crippen molar-refractivity contribution in [1.82, 2.24) is 10.6 Å². The van der Waals surface area contributed by atoms with Gasteiger partial charge in [-0.3, -0.25) is 0 Å². The van der Waals surface area contributed by atoms with Crippen LogP contribution in [0.15, 0.2) is 23.0 Å². The molecule has 3 nitrogen and oxygen atoms in total. The molecule has 0 saturated heterocycles. The molecule has 12 heavy (non-hydrogen) atoms. The first-order valence-corrected chi connectivity index (χ1v) is 4.30. The second kappa shape index (κ2) is 5.80. The molecule has 0 fully saturated rings. The molecule has 0 atom stereocenters. The molecular formula is C9H16N2O. The molecule has 1 heterocycles. The summed E-state index contributed by atoms with van der Waals surface area (Å²) >= 11 is 0. The van der Waals surface area contributed by atoms with Crippen LogP contribution >= 0.6 is 0 Å². The van der Waals surface area contributed by atoms with Gasteiger partial charge < -0.3 is 15.1 Å². The van der Waals surface area contributed by atoms with E-state index in [2.05, 4.69) is 10.6 Å². The topological polar surface area (TPSA) is 37.2 Å². The van der Waals surface area contributed by atoms with Crippen LogP contribution in [0, 0.1) is 0 Å². The first-order chi connectivity index (χ1) is 5.93. The van der Waals surface area contributed by atoms with Gasteiger partial charge in [-0.2, -0.15) is 0 Å². The van der Waals surface area contributed by atoms with E-state index in [0.717, 1.165) is 26.1 Å². The van der Waals surface area contributed by atoms with Crippen molar-refractivity contribution in [3.8, 4) is 0 Å². The molecular weight excluding hydrogens is 152 g/mol. The predicted molar refractivity (Wildman–Crippen MR) is 49.0 cm³/mol. The lowest BCUT2D eigenvalue weighted by atomic mass is 10.3. The molecule has 0 radical (unpaired) electrons. The third kappa shape index (κ3) is 3.55. The van der Waals surface area contributed by atoms with Crippen LogP contribution in [-0.2, 0) is 6.54 Å². The van der Waals surface area contributed by atoms with Gasteiger partial charge in [-0.25, -0.2) is 0 Å². The van der Waals surface area contributed by atoms with Crippen molar-refractivity contribution >= 4 is 0 Å². The maximum absolute atomic E-state index is 4.94. The van der Waals surface area contributed by atoms with Crippen molar-refractivity contribution in [2.24, 2.45) is 0 Å². The Morgan fingerprint density at radius 1 is 1.42 bits per heavy atom. The minimum Gasteiger partial charge on any atom is -0.472 e. The summed E-state index contributed by atoms with van der Waals surface area (Å²) in [4.78, 5) is 0. The van der Waals surface area contributed by atoms with Crippen molar-refractivity contribution in [2.75, 3.05) is 20.1 Å². The SMILES string of the molecule is CNCCCNCc1ccoc1. The van der Waals surface area contributed by atoms with Gasteiger partial charge in [-0.1, -0.05) is 0 Å². The maximum Gasteiger partial charge on any atom is 0.0947 e. The van der Waals surface area contributed by atoms with E-state index in [1.54, 1.807) is 12.5 Å². The summed E-state index contributed by atoms with van der Waals surface area (Å²) in [5, 5.41) is 6.43. The molecule has 3 heteroatoms. The van der Waals surface area contributed by atoms with Crippen molar-refractivity contribution < 1.29 is 4.42 Å². The van der Waals surface area contributed by atoms with Crippen LogP contribution in [0.4, 0.5) is 0 Å². The quantitative estimate of drug-likeness (QED) is 0.622. The molecule has 1 aromatic heterocycles. The standard InChI is InChI=1S/C9H16N2O/c1-10-4-2-5-11-7-9-3-6-12-8-9/h3,6,8,10-11H,2,4-5,7H2,1H3. The fourth-order valence-electron chi connectivity index (χ4n) is 1.02. The first kappa shape index (κ1) is 9.29. The highest BCUT2D eigenvalue weighted by Gasteiger charge is 1.91. The third-order valence-corrected chi connectivity index (χ3v) is 1.69. The van der Waals surface area contributed by atoms with E-state index >= 15 is 0 Å². The van der Waals surface area contributed by atoms with Gasteiger partial charge in [0.05, 0.1) is 12.5 Å². The fourth-order valence-corrected chi connectivity index (χ4v) is 1.02. The van der Waals surface area contributed by atoms with E-state index < -0.39 is 0 Å². The molecule has 0 aliphatic rings. The fraction of sp³-hybridized carbons (Fsp3) is 0.556. The zero-order valence-electron chi connectivity index (χ0n) is 7.47. The Morgan fingerprint density at radius 3 is 3.00 bits per heavy atom. The van der Waals surface area contributed by atoms with Crippen LogP contribution in [-0.4, -0.2) is 20.1 Å². The van der Waals surface area contributed by atoms with Crippen LogP contribution in [0.2, 0.25) is 0 Å². The highest BCUT2D eigenvalue weighted by molar-refractivity contribution is 5.04. The highest BCUT2D eigenvalue weighted by atomic mass is 16.3. The van der Waals surface area contributed by atoms with Crippen molar-refractivity contribution in [3.63, 3.8) is 0 Å². The zero-order valence-corrected chi connectivity index (χ0v) is 7.47. The molecule has 1 aromatic rings. The van der Waals surface area contributed by atoms with Crippen molar-refractivity contribution in [3.05, 3.63) is 24.2 Å². The summed E-state index contributed by atoms with van der Waals surface area (Å²) in [6.07, 6.45) is 4.63. The number of nitrogens with one attached hydrogen (secondary N) is 2. The van der Waals surface area contributed by atoms with E-state index in [1.807, 2.05) is 13.1 Å². The highest BCUT2D eigenvalue weighted by Crippen LogP contribution is 1.97. The average Bonchev–Trinajstić information content (AvgIpc) is 2.57. The van der Waals surface area contributed by atoms with Crippen molar-refractivity contribution in [1.29, 1.82) is 0 Å². The Balaban J connectivity index is 1.96. The minimum atomic E-state index is 0.903. The van der Waals surface area contributed by atoms with Crippen LogP contribution in [0.1, 0.15) is 12.0 Å². The number of rotatable bonds is 6. The number of hydrogen-bond donors (Lipinski definition) is 2. The maximum atomic E-state index is 4.94.